The number of unbranched alkanes of at least 4 members (excludes halogenated alkanes) is 4. The molecule has 14 nitrogen and oxygen atoms in total. The first-order chi connectivity index (χ1) is 25.0. The Bertz CT molecular complexity index is 1940. The molecule has 5 N–H and O–H groups in total. The Morgan fingerprint density at radius 3 is 2.54 bits per heavy atom. The lowest BCUT2D eigenvalue weighted by atomic mass is 9.98. The average Bonchev–Trinajstić information content (AvgIpc) is 3.45. The summed E-state index contributed by atoms with van der Waals surface area (Å²) in [6, 6.07) is 11.7. The van der Waals surface area contributed by atoms with E-state index >= 15 is 0 Å². The minimum absolute atomic E-state index is 0.00169. The van der Waals surface area contributed by atoms with Crippen molar-refractivity contribution in [3.63, 3.8) is 0 Å². The average molecular weight is 731 g/mol. The van der Waals surface area contributed by atoms with E-state index < -0.39 is 21.8 Å². The molecule has 1 aromatic heterocycles. The van der Waals surface area contributed by atoms with Crippen molar-refractivity contribution >= 4 is 50.8 Å². The number of imide groups is 1. The summed E-state index contributed by atoms with van der Waals surface area (Å²) in [5.41, 5.74) is 8.96. The number of rotatable bonds is 15. The van der Waals surface area contributed by atoms with Crippen LogP contribution in [0.3, 0.4) is 0 Å². The van der Waals surface area contributed by atoms with E-state index in [0.29, 0.717) is 30.0 Å². The topological polar surface area (TPSA) is 197 Å². The quantitative estimate of drug-likeness (QED) is 0.132. The van der Waals surface area contributed by atoms with Crippen molar-refractivity contribution in [2.24, 2.45) is 5.73 Å². The number of aromatic nitrogens is 2. The van der Waals surface area contributed by atoms with Gasteiger partial charge in [-0.1, -0.05) is 31.4 Å². The fraction of sp³-hybridized carbons (Fsp3) is 0.459. The highest BCUT2D eigenvalue weighted by Gasteiger charge is 2.39. The maximum absolute atomic E-state index is 13.1. The summed E-state index contributed by atoms with van der Waals surface area (Å²) in [5, 5.41) is 9.14. The van der Waals surface area contributed by atoms with Crippen LogP contribution in [-0.4, -0.2) is 84.9 Å². The summed E-state index contributed by atoms with van der Waals surface area (Å²) in [6.07, 6.45) is 11.6. The maximum Gasteiger partial charge on any atom is 0.271 e. The molecule has 15 heteroatoms. The van der Waals surface area contributed by atoms with Crippen molar-refractivity contribution in [1.29, 1.82) is 0 Å². The molecule has 4 heterocycles. The van der Waals surface area contributed by atoms with Gasteiger partial charge in [0.25, 0.3) is 11.8 Å². The summed E-state index contributed by atoms with van der Waals surface area (Å²) in [5.74, 6) is -0.679. The van der Waals surface area contributed by atoms with Crippen LogP contribution < -0.4 is 26.6 Å². The van der Waals surface area contributed by atoms with Crippen molar-refractivity contribution in [2.75, 3.05) is 36.1 Å². The van der Waals surface area contributed by atoms with E-state index in [4.69, 9.17) is 10.7 Å². The zero-order valence-electron chi connectivity index (χ0n) is 29.4. The first-order valence-electron chi connectivity index (χ1n) is 18.0. The van der Waals surface area contributed by atoms with E-state index in [9.17, 15) is 27.6 Å². The number of amides is 4. The monoisotopic (exact) mass is 730 g/mol. The fourth-order valence-electron chi connectivity index (χ4n) is 7.23. The van der Waals surface area contributed by atoms with Crippen LogP contribution in [0.1, 0.15) is 89.8 Å². The number of nitrogens with two attached hydrogens (primary N) is 1. The number of anilines is 3. The predicted molar refractivity (Wildman–Crippen MR) is 196 cm³/mol. The second kappa shape index (κ2) is 16.2. The molecule has 6 rings (SSSR count). The molecule has 0 aliphatic carbocycles. The summed E-state index contributed by atoms with van der Waals surface area (Å²) >= 11 is 0. The molecule has 0 bridgehead atoms. The Morgan fingerprint density at radius 1 is 1.02 bits per heavy atom. The molecule has 1 unspecified atom stereocenters. The number of piperidine rings is 2. The first-order valence-corrected chi connectivity index (χ1v) is 19.8. The molecule has 3 aliphatic rings. The highest BCUT2D eigenvalue weighted by atomic mass is 32.2. The normalized spacial score (nSPS) is 19.1. The highest BCUT2D eigenvalue weighted by molar-refractivity contribution is 7.90. The molecule has 0 saturated carbocycles. The summed E-state index contributed by atoms with van der Waals surface area (Å²) in [7, 11) is -3.34. The lowest BCUT2D eigenvalue weighted by Gasteiger charge is -2.34. The molecule has 2 atom stereocenters. The molecule has 0 spiro atoms. The van der Waals surface area contributed by atoms with E-state index in [1.165, 1.54) is 12.1 Å². The van der Waals surface area contributed by atoms with Gasteiger partial charge >= 0.3 is 0 Å². The van der Waals surface area contributed by atoms with Crippen LogP contribution in [0.5, 0.6) is 0 Å². The Kier molecular flexibility index (Phi) is 11.5. The zero-order chi connectivity index (χ0) is 36.8. The van der Waals surface area contributed by atoms with Crippen molar-refractivity contribution in [2.45, 2.75) is 87.7 Å². The maximum atomic E-state index is 13.1. The number of fused-ring (bicyclic) bond motifs is 1. The van der Waals surface area contributed by atoms with E-state index in [1.54, 1.807) is 23.2 Å². The Labute approximate surface area is 303 Å². The van der Waals surface area contributed by atoms with Gasteiger partial charge in [0.1, 0.15) is 11.9 Å². The van der Waals surface area contributed by atoms with Gasteiger partial charge in [-0.3, -0.25) is 24.5 Å². The zero-order valence-corrected chi connectivity index (χ0v) is 30.2. The first kappa shape index (κ1) is 36.9. The minimum atomic E-state index is -3.34. The van der Waals surface area contributed by atoms with Crippen LogP contribution in [0.2, 0.25) is 0 Å². The Morgan fingerprint density at radius 2 is 1.79 bits per heavy atom. The van der Waals surface area contributed by atoms with Crippen molar-refractivity contribution in [3.05, 3.63) is 71.0 Å². The minimum Gasteiger partial charge on any atom is -0.364 e. The number of primary amides is 1. The van der Waals surface area contributed by atoms with Gasteiger partial charge in [-0.15, -0.1) is 0 Å². The Balaban J connectivity index is 0.929. The third-order valence-corrected chi connectivity index (χ3v) is 11.1. The number of sulfone groups is 1. The fourth-order valence-corrected chi connectivity index (χ4v) is 7.87. The molecule has 2 fully saturated rings. The number of carbonyl (C=O) groups is 4. The van der Waals surface area contributed by atoms with Crippen LogP contribution in [0.25, 0.3) is 0 Å². The van der Waals surface area contributed by atoms with Crippen molar-refractivity contribution < 1.29 is 27.6 Å². The number of nitrogens with one attached hydrogen (secondary N) is 3. The van der Waals surface area contributed by atoms with E-state index in [0.717, 1.165) is 88.4 Å². The molecular weight excluding hydrogens is 685 g/mol. The number of hydrogen-bond donors (Lipinski definition) is 4. The lowest BCUT2D eigenvalue weighted by Crippen LogP contribution is -2.52. The van der Waals surface area contributed by atoms with Gasteiger partial charge in [-0.25, -0.2) is 18.4 Å². The van der Waals surface area contributed by atoms with Crippen LogP contribution in [-0.2, 0) is 32.4 Å². The summed E-state index contributed by atoms with van der Waals surface area (Å²) in [6.45, 7) is 2.87. The largest absolute Gasteiger partial charge is 0.364 e. The molecule has 52 heavy (non-hydrogen) atoms. The smallest absolute Gasteiger partial charge is 0.271 e. The SMILES string of the molecule is CS(=O)(=O)c1ccc(Nc2nc(N3CCC[C@@H](NCCCCCCCc4cccc5c4CN(C4CCC(=O)NC4=O)C5=O)C3)cnc2C(N)=O)cc1. The van der Waals surface area contributed by atoms with Crippen LogP contribution in [0, 0.1) is 0 Å². The molecule has 3 aromatic rings. The molecular formula is C37H46N8O6S. The van der Waals surface area contributed by atoms with Crippen molar-refractivity contribution in [3.8, 4) is 0 Å². The van der Waals surface area contributed by atoms with Gasteiger partial charge in [0.05, 0.1) is 11.1 Å². The molecule has 2 saturated heterocycles. The van der Waals surface area contributed by atoms with Gasteiger partial charge in [0.2, 0.25) is 11.8 Å². The highest BCUT2D eigenvalue weighted by Crippen LogP contribution is 2.31. The molecule has 3 aliphatic heterocycles. The van der Waals surface area contributed by atoms with Crippen molar-refractivity contribution in [1.82, 2.24) is 25.5 Å². The van der Waals surface area contributed by atoms with Gasteiger partial charge in [-0.05, 0) is 86.5 Å². The molecule has 2 aromatic carbocycles. The third-order valence-electron chi connectivity index (χ3n) is 10.0. The summed E-state index contributed by atoms with van der Waals surface area (Å²) < 4.78 is 23.7. The molecule has 0 radical (unpaired) electrons. The number of benzene rings is 2. The second-order valence-electron chi connectivity index (χ2n) is 13.8. The number of nitrogens with zero attached hydrogens (tertiary/aromatic N) is 4. The number of carbonyl (C=O) groups excluding carboxylic acids is 4. The standard InChI is InChI=1S/C37H46N8O6S/c1-52(50,51)27-15-13-25(14-16-27)41-35-33(34(38)47)40-21-31(42-35)44-20-8-11-26(22-44)39-19-6-4-2-3-5-9-24-10-7-12-28-29(24)23-45(37(28)49)30-17-18-32(46)43-36(30)48/h7,10,12-16,21,26,30,39H,2-6,8-9,11,17-20,22-23H2,1H3,(H2,38,47)(H,41,42)(H,43,46,48)/t26-,30?/m1/s1. The van der Waals surface area contributed by atoms with Gasteiger partial charge < -0.3 is 26.2 Å². The van der Waals surface area contributed by atoms with E-state index in [-0.39, 0.29) is 46.6 Å². The molecule has 276 valence electrons. The van der Waals surface area contributed by atoms with E-state index in [1.807, 2.05) is 12.1 Å². The van der Waals surface area contributed by atoms with Gasteiger partial charge in [0, 0.05) is 49.6 Å². The van der Waals surface area contributed by atoms with Gasteiger partial charge in [-0.2, -0.15) is 0 Å². The molecule has 4 amide bonds. The van der Waals surface area contributed by atoms with E-state index in [2.05, 4.69) is 31.9 Å². The Hall–Kier alpha value is -4.89. The third kappa shape index (κ3) is 8.76. The predicted octanol–water partition coefficient (Wildman–Crippen LogP) is 3.24. The second-order valence-corrected chi connectivity index (χ2v) is 15.8. The van der Waals surface area contributed by atoms with Crippen LogP contribution >= 0.6 is 0 Å². The number of aryl methyl sites for hydroxylation is 1. The van der Waals surface area contributed by atoms with Gasteiger partial charge in [0.15, 0.2) is 21.3 Å². The van der Waals surface area contributed by atoms with Crippen LogP contribution in [0.4, 0.5) is 17.3 Å². The summed E-state index contributed by atoms with van der Waals surface area (Å²) in [4.78, 5) is 62.2. The lowest BCUT2D eigenvalue weighted by molar-refractivity contribution is -0.136. The number of hydrogen-bond acceptors (Lipinski definition) is 11. The van der Waals surface area contributed by atoms with Crippen LogP contribution in [0.15, 0.2) is 53.6 Å².